The van der Waals surface area contributed by atoms with Crippen molar-refractivity contribution in [1.82, 2.24) is 19.9 Å². The Balaban J connectivity index is 1.70. The maximum atomic E-state index is 5.94. The molecule has 4 rings (SSSR count). The van der Waals surface area contributed by atoms with Gasteiger partial charge in [-0.1, -0.05) is 24.1 Å². The van der Waals surface area contributed by atoms with Crippen LogP contribution in [0.1, 0.15) is 16.8 Å². The SMILES string of the molecule is COc1ncccc1COc1nc2cccnc2nc1C#Cc1ccccc1. The Hall–Kier alpha value is -3.98. The molecule has 0 aliphatic rings. The van der Waals surface area contributed by atoms with Crippen LogP contribution >= 0.6 is 0 Å². The molecule has 0 N–H and O–H groups in total. The fourth-order valence-corrected chi connectivity index (χ4v) is 2.58. The van der Waals surface area contributed by atoms with E-state index in [1.54, 1.807) is 25.6 Å². The molecule has 3 aromatic heterocycles. The van der Waals surface area contributed by atoms with Crippen molar-refractivity contribution < 1.29 is 9.47 Å². The zero-order valence-electron chi connectivity index (χ0n) is 15.2. The summed E-state index contributed by atoms with van der Waals surface area (Å²) in [5.74, 6) is 6.99. The summed E-state index contributed by atoms with van der Waals surface area (Å²) in [4.78, 5) is 17.5. The molecule has 0 aliphatic heterocycles. The van der Waals surface area contributed by atoms with Gasteiger partial charge in [0.15, 0.2) is 11.3 Å². The molecule has 136 valence electrons. The predicted octanol–water partition coefficient (Wildman–Crippen LogP) is 3.41. The molecule has 4 aromatic rings. The molecular weight excluding hydrogens is 352 g/mol. The Morgan fingerprint density at radius 3 is 2.50 bits per heavy atom. The highest BCUT2D eigenvalue weighted by Gasteiger charge is 2.11. The number of fused-ring (bicyclic) bond motifs is 1. The van der Waals surface area contributed by atoms with Gasteiger partial charge in [-0.05, 0) is 42.3 Å². The topological polar surface area (TPSA) is 70.0 Å². The van der Waals surface area contributed by atoms with Gasteiger partial charge in [0.25, 0.3) is 0 Å². The lowest BCUT2D eigenvalue weighted by Crippen LogP contribution is -2.04. The summed E-state index contributed by atoms with van der Waals surface area (Å²) >= 11 is 0. The number of benzene rings is 1. The quantitative estimate of drug-likeness (QED) is 0.514. The third-order valence-corrected chi connectivity index (χ3v) is 3.92. The summed E-state index contributed by atoms with van der Waals surface area (Å²) < 4.78 is 11.2. The first-order chi connectivity index (χ1) is 13.8. The van der Waals surface area contributed by atoms with Crippen molar-refractivity contribution >= 4 is 11.2 Å². The summed E-state index contributed by atoms with van der Waals surface area (Å²) in [7, 11) is 1.57. The Morgan fingerprint density at radius 1 is 0.821 bits per heavy atom. The minimum Gasteiger partial charge on any atom is -0.481 e. The summed E-state index contributed by atoms with van der Waals surface area (Å²) in [6, 6.07) is 17.0. The van der Waals surface area contributed by atoms with Crippen LogP contribution in [0.2, 0.25) is 0 Å². The highest BCUT2D eigenvalue weighted by atomic mass is 16.5. The molecular formula is C22H16N4O2. The Kier molecular flexibility index (Phi) is 5.07. The van der Waals surface area contributed by atoms with Crippen molar-refractivity contribution in [2.75, 3.05) is 7.11 Å². The molecule has 0 radical (unpaired) electrons. The monoisotopic (exact) mass is 368 g/mol. The molecule has 1 aromatic carbocycles. The third kappa shape index (κ3) is 3.89. The first kappa shape index (κ1) is 17.4. The van der Waals surface area contributed by atoms with Gasteiger partial charge in [0.1, 0.15) is 12.1 Å². The number of methoxy groups -OCH3 is 1. The number of aromatic nitrogens is 4. The van der Waals surface area contributed by atoms with Gasteiger partial charge >= 0.3 is 0 Å². The number of rotatable bonds is 4. The van der Waals surface area contributed by atoms with E-state index >= 15 is 0 Å². The predicted molar refractivity (Wildman–Crippen MR) is 105 cm³/mol. The second-order valence-electron chi connectivity index (χ2n) is 5.80. The molecule has 0 spiro atoms. The first-order valence-corrected chi connectivity index (χ1v) is 8.64. The van der Waals surface area contributed by atoms with Crippen LogP contribution in [0.3, 0.4) is 0 Å². The van der Waals surface area contributed by atoms with Crippen molar-refractivity contribution in [2.24, 2.45) is 0 Å². The van der Waals surface area contributed by atoms with Gasteiger partial charge in [-0.25, -0.2) is 19.9 Å². The van der Waals surface area contributed by atoms with Crippen LogP contribution in [0.15, 0.2) is 67.0 Å². The molecule has 6 nitrogen and oxygen atoms in total. The zero-order chi connectivity index (χ0) is 19.2. The highest BCUT2D eigenvalue weighted by molar-refractivity contribution is 5.71. The highest BCUT2D eigenvalue weighted by Crippen LogP contribution is 2.21. The molecule has 0 amide bonds. The number of ether oxygens (including phenoxy) is 2. The van der Waals surface area contributed by atoms with E-state index in [0.717, 1.165) is 11.1 Å². The molecule has 0 saturated carbocycles. The molecule has 0 bridgehead atoms. The average molecular weight is 368 g/mol. The minimum atomic E-state index is 0.234. The summed E-state index contributed by atoms with van der Waals surface area (Å²) in [5.41, 5.74) is 3.27. The lowest BCUT2D eigenvalue weighted by Gasteiger charge is -2.10. The second kappa shape index (κ2) is 8.14. The summed E-state index contributed by atoms with van der Waals surface area (Å²) in [5, 5.41) is 0. The molecule has 0 atom stereocenters. The van der Waals surface area contributed by atoms with Crippen molar-refractivity contribution in [3.63, 3.8) is 0 Å². The molecule has 0 aliphatic carbocycles. The minimum absolute atomic E-state index is 0.234. The van der Waals surface area contributed by atoms with Crippen LogP contribution in [-0.2, 0) is 6.61 Å². The standard InChI is InChI=1S/C22H16N4O2/c1-27-21-17(9-5-14-24-21)15-28-22-19(12-11-16-7-3-2-4-8-16)25-20-18(26-22)10-6-13-23-20/h2-10,13-14H,15H2,1H3. The first-order valence-electron chi connectivity index (χ1n) is 8.64. The van der Waals surface area contributed by atoms with Gasteiger partial charge in [-0.3, -0.25) is 0 Å². The zero-order valence-corrected chi connectivity index (χ0v) is 15.2. The molecule has 0 fully saturated rings. The van der Waals surface area contributed by atoms with Crippen molar-refractivity contribution in [2.45, 2.75) is 6.61 Å². The van der Waals surface area contributed by atoms with Crippen molar-refractivity contribution in [3.8, 4) is 23.6 Å². The van der Waals surface area contributed by atoms with Gasteiger partial charge in [-0.2, -0.15) is 0 Å². The largest absolute Gasteiger partial charge is 0.481 e. The van der Waals surface area contributed by atoms with Gasteiger partial charge < -0.3 is 9.47 Å². The molecule has 6 heteroatoms. The van der Waals surface area contributed by atoms with Crippen LogP contribution in [0.4, 0.5) is 0 Å². The van der Waals surface area contributed by atoms with Crippen molar-refractivity contribution in [3.05, 3.63) is 83.8 Å². The van der Waals surface area contributed by atoms with Crippen LogP contribution in [-0.4, -0.2) is 27.0 Å². The third-order valence-electron chi connectivity index (χ3n) is 3.92. The maximum absolute atomic E-state index is 5.94. The molecule has 3 heterocycles. The normalized spacial score (nSPS) is 10.2. The summed E-state index contributed by atoms with van der Waals surface area (Å²) in [6.45, 7) is 0.234. The number of hydrogen-bond acceptors (Lipinski definition) is 6. The van der Waals surface area contributed by atoms with E-state index in [2.05, 4.69) is 31.8 Å². The number of hydrogen-bond donors (Lipinski definition) is 0. The van der Waals surface area contributed by atoms with Gasteiger partial charge in [0, 0.05) is 18.0 Å². The molecule has 28 heavy (non-hydrogen) atoms. The van der Waals surface area contributed by atoms with E-state index in [9.17, 15) is 0 Å². The van der Waals surface area contributed by atoms with E-state index in [4.69, 9.17) is 9.47 Å². The van der Waals surface area contributed by atoms with E-state index < -0.39 is 0 Å². The van der Waals surface area contributed by atoms with Crippen LogP contribution < -0.4 is 9.47 Å². The maximum Gasteiger partial charge on any atom is 0.250 e. The Morgan fingerprint density at radius 2 is 1.64 bits per heavy atom. The van der Waals surface area contributed by atoms with Crippen LogP contribution in [0.25, 0.3) is 11.2 Å². The lowest BCUT2D eigenvalue weighted by molar-refractivity contribution is 0.282. The average Bonchev–Trinajstić information content (AvgIpc) is 2.76. The van der Waals surface area contributed by atoms with Gasteiger partial charge in [-0.15, -0.1) is 0 Å². The number of pyridine rings is 2. The fourth-order valence-electron chi connectivity index (χ4n) is 2.58. The lowest BCUT2D eigenvalue weighted by atomic mass is 10.2. The second-order valence-corrected chi connectivity index (χ2v) is 5.80. The van der Waals surface area contributed by atoms with E-state index in [-0.39, 0.29) is 6.61 Å². The van der Waals surface area contributed by atoms with Gasteiger partial charge in [0.05, 0.1) is 12.7 Å². The van der Waals surface area contributed by atoms with Crippen LogP contribution in [0, 0.1) is 11.8 Å². The summed E-state index contributed by atoms with van der Waals surface area (Å²) in [6.07, 6.45) is 3.34. The number of nitrogens with zero attached hydrogens (tertiary/aromatic N) is 4. The van der Waals surface area contributed by atoms with Crippen LogP contribution in [0.5, 0.6) is 11.8 Å². The smallest absolute Gasteiger partial charge is 0.250 e. The van der Waals surface area contributed by atoms with Gasteiger partial charge in [0.2, 0.25) is 11.8 Å². The van der Waals surface area contributed by atoms with Crippen molar-refractivity contribution in [1.29, 1.82) is 0 Å². The Labute approximate surface area is 162 Å². The van der Waals surface area contributed by atoms with E-state index in [1.807, 2.05) is 48.5 Å². The fraction of sp³-hybridized carbons (Fsp3) is 0.0909. The van der Waals surface area contributed by atoms with E-state index in [0.29, 0.717) is 28.6 Å². The Bertz CT molecular complexity index is 1170. The molecule has 0 unspecified atom stereocenters. The van der Waals surface area contributed by atoms with E-state index in [1.165, 1.54) is 0 Å². The molecule has 0 saturated heterocycles.